The van der Waals surface area contributed by atoms with Gasteiger partial charge in [0, 0.05) is 36.9 Å². The average molecular weight is 321 g/mol. The molecule has 1 heterocycles. The number of primary amides is 1. The SMILES string of the molecule is COCCCNCc1cnc(Oc2ccc(C(N)=O)cc2)s1. The molecular weight excluding hydrogens is 302 g/mol. The molecule has 0 aliphatic heterocycles. The van der Waals surface area contributed by atoms with E-state index in [4.69, 9.17) is 15.2 Å². The number of carbonyl (C=O) groups is 1. The molecule has 0 radical (unpaired) electrons. The number of benzene rings is 1. The molecule has 6 nitrogen and oxygen atoms in total. The van der Waals surface area contributed by atoms with Gasteiger partial charge in [0.15, 0.2) is 0 Å². The third-order valence-corrected chi connectivity index (χ3v) is 3.75. The zero-order valence-electron chi connectivity index (χ0n) is 12.4. The molecular formula is C15H19N3O3S. The Balaban J connectivity index is 1.82. The van der Waals surface area contributed by atoms with Gasteiger partial charge in [-0.05, 0) is 37.2 Å². The van der Waals surface area contributed by atoms with Crippen LogP contribution in [0.25, 0.3) is 0 Å². The van der Waals surface area contributed by atoms with Gasteiger partial charge < -0.3 is 20.5 Å². The fraction of sp³-hybridized carbons (Fsp3) is 0.333. The van der Waals surface area contributed by atoms with Gasteiger partial charge in [0.1, 0.15) is 5.75 Å². The summed E-state index contributed by atoms with van der Waals surface area (Å²) in [6.45, 7) is 2.41. The fourth-order valence-corrected chi connectivity index (χ4v) is 2.51. The molecule has 0 fully saturated rings. The van der Waals surface area contributed by atoms with E-state index in [9.17, 15) is 4.79 Å². The van der Waals surface area contributed by atoms with E-state index in [1.165, 1.54) is 11.3 Å². The van der Waals surface area contributed by atoms with Crippen LogP contribution in [0.4, 0.5) is 0 Å². The van der Waals surface area contributed by atoms with Crippen LogP contribution >= 0.6 is 11.3 Å². The lowest BCUT2D eigenvalue weighted by atomic mass is 10.2. The lowest BCUT2D eigenvalue weighted by Crippen LogP contribution is -2.15. The minimum atomic E-state index is -0.456. The Morgan fingerprint density at radius 2 is 2.14 bits per heavy atom. The molecule has 7 heteroatoms. The Morgan fingerprint density at radius 1 is 1.36 bits per heavy atom. The molecule has 0 atom stereocenters. The van der Waals surface area contributed by atoms with E-state index in [1.54, 1.807) is 37.6 Å². The first-order valence-electron chi connectivity index (χ1n) is 6.91. The summed E-state index contributed by atoms with van der Waals surface area (Å²) in [5.41, 5.74) is 5.64. The van der Waals surface area contributed by atoms with Crippen molar-refractivity contribution in [2.24, 2.45) is 5.73 Å². The molecule has 1 aromatic carbocycles. The van der Waals surface area contributed by atoms with Crippen LogP contribution in [0, 0.1) is 0 Å². The summed E-state index contributed by atoms with van der Waals surface area (Å²) in [6.07, 6.45) is 2.77. The van der Waals surface area contributed by atoms with Gasteiger partial charge in [0.2, 0.25) is 5.91 Å². The lowest BCUT2D eigenvalue weighted by Gasteiger charge is -2.02. The van der Waals surface area contributed by atoms with E-state index in [0.29, 0.717) is 16.5 Å². The van der Waals surface area contributed by atoms with Crippen molar-refractivity contribution in [3.8, 4) is 10.9 Å². The molecule has 0 aliphatic carbocycles. The third kappa shape index (κ3) is 5.10. The fourth-order valence-electron chi connectivity index (χ4n) is 1.76. The highest BCUT2D eigenvalue weighted by atomic mass is 32.1. The van der Waals surface area contributed by atoms with Gasteiger partial charge in [-0.1, -0.05) is 11.3 Å². The molecule has 1 aromatic heterocycles. The summed E-state index contributed by atoms with van der Waals surface area (Å²) >= 11 is 1.48. The number of amides is 1. The van der Waals surface area contributed by atoms with Gasteiger partial charge in [0.05, 0.1) is 0 Å². The molecule has 22 heavy (non-hydrogen) atoms. The van der Waals surface area contributed by atoms with Crippen molar-refractivity contribution in [1.29, 1.82) is 0 Å². The van der Waals surface area contributed by atoms with Crippen molar-refractivity contribution in [2.45, 2.75) is 13.0 Å². The van der Waals surface area contributed by atoms with Crippen LogP contribution in [-0.2, 0) is 11.3 Å². The van der Waals surface area contributed by atoms with Gasteiger partial charge in [0.25, 0.3) is 5.19 Å². The van der Waals surface area contributed by atoms with Gasteiger partial charge in [-0.3, -0.25) is 4.79 Å². The molecule has 0 aliphatic rings. The monoisotopic (exact) mass is 321 g/mol. The summed E-state index contributed by atoms with van der Waals surface area (Å²) in [6, 6.07) is 6.65. The molecule has 0 saturated heterocycles. The van der Waals surface area contributed by atoms with E-state index in [1.807, 2.05) is 0 Å². The first kappa shape index (κ1) is 16.4. The molecule has 2 aromatic rings. The van der Waals surface area contributed by atoms with Crippen LogP contribution in [0.1, 0.15) is 21.7 Å². The first-order chi connectivity index (χ1) is 10.7. The molecule has 0 saturated carbocycles. The number of aromatic nitrogens is 1. The van der Waals surface area contributed by atoms with Crippen molar-refractivity contribution < 1.29 is 14.3 Å². The minimum absolute atomic E-state index is 0.451. The normalized spacial score (nSPS) is 10.6. The van der Waals surface area contributed by atoms with Crippen molar-refractivity contribution in [2.75, 3.05) is 20.3 Å². The first-order valence-corrected chi connectivity index (χ1v) is 7.73. The molecule has 3 N–H and O–H groups in total. The number of nitrogens with two attached hydrogens (primary N) is 1. The number of rotatable bonds is 9. The van der Waals surface area contributed by atoms with E-state index in [0.717, 1.165) is 31.0 Å². The van der Waals surface area contributed by atoms with E-state index in [2.05, 4.69) is 10.3 Å². The van der Waals surface area contributed by atoms with Gasteiger partial charge in [-0.2, -0.15) is 0 Å². The highest BCUT2D eigenvalue weighted by molar-refractivity contribution is 7.13. The molecule has 0 bridgehead atoms. The quantitative estimate of drug-likeness (QED) is 0.691. The molecule has 1 amide bonds. The maximum atomic E-state index is 11.0. The number of ether oxygens (including phenoxy) is 2. The zero-order valence-corrected chi connectivity index (χ0v) is 13.2. The second-order valence-corrected chi connectivity index (χ2v) is 5.68. The number of hydrogen-bond donors (Lipinski definition) is 2. The van der Waals surface area contributed by atoms with E-state index in [-0.39, 0.29) is 0 Å². The largest absolute Gasteiger partial charge is 0.431 e. The Morgan fingerprint density at radius 3 is 2.82 bits per heavy atom. The maximum absolute atomic E-state index is 11.0. The minimum Gasteiger partial charge on any atom is -0.431 e. The van der Waals surface area contributed by atoms with Crippen molar-refractivity contribution in [3.63, 3.8) is 0 Å². The maximum Gasteiger partial charge on any atom is 0.278 e. The van der Waals surface area contributed by atoms with E-state index < -0.39 is 5.91 Å². The third-order valence-electron chi connectivity index (χ3n) is 2.88. The van der Waals surface area contributed by atoms with Crippen LogP contribution in [-0.4, -0.2) is 31.2 Å². The molecule has 0 unspecified atom stereocenters. The Kier molecular flexibility index (Phi) is 6.32. The number of hydrogen-bond acceptors (Lipinski definition) is 6. The van der Waals surface area contributed by atoms with Crippen LogP contribution in [0.15, 0.2) is 30.5 Å². The second-order valence-electron chi connectivity index (χ2n) is 4.61. The van der Waals surface area contributed by atoms with Crippen LogP contribution in [0.2, 0.25) is 0 Å². The van der Waals surface area contributed by atoms with Crippen LogP contribution in [0.5, 0.6) is 10.9 Å². The standard InChI is InChI=1S/C15H19N3O3S/c1-20-8-2-7-17-9-13-10-18-15(22-13)21-12-5-3-11(4-6-12)14(16)19/h3-6,10,17H,2,7-9H2,1H3,(H2,16,19). The van der Waals surface area contributed by atoms with Crippen molar-refractivity contribution >= 4 is 17.2 Å². The highest BCUT2D eigenvalue weighted by Crippen LogP contribution is 2.26. The molecule has 0 spiro atoms. The predicted octanol–water partition coefficient (Wildman–Crippen LogP) is 2.16. The van der Waals surface area contributed by atoms with Gasteiger partial charge in [-0.25, -0.2) is 4.98 Å². The Labute approximate surface area is 133 Å². The topological polar surface area (TPSA) is 86.5 Å². The van der Waals surface area contributed by atoms with Crippen LogP contribution in [0.3, 0.4) is 0 Å². The number of nitrogens with one attached hydrogen (secondary N) is 1. The smallest absolute Gasteiger partial charge is 0.278 e. The van der Waals surface area contributed by atoms with E-state index >= 15 is 0 Å². The summed E-state index contributed by atoms with van der Waals surface area (Å²) in [5.74, 6) is 0.168. The highest BCUT2D eigenvalue weighted by Gasteiger charge is 2.05. The van der Waals surface area contributed by atoms with Gasteiger partial charge >= 0.3 is 0 Å². The summed E-state index contributed by atoms with van der Waals surface area (Å²) < 4.78 is 10.6. The summed E-state index contributed by atoms with van der Waals surface area (Å²) in [7, 11) is 1.70. The zero-order chi connectivity index (χ0) is 15.8. The number of carbonyl (C=O) groups excluding carboxylic acids is 1. The van der Waals surface area contributed by atoms with Crippen molar-refractivity contribution in [3.05, 3.63) is 40.9 Å². The lowest BCUT2D eigenvalue weighted by molar-refractivity contribution is 0.100. The van der Waals surface area contributed by atoms with Crippen LogP contribution < -0.4 is 15.8 Å². The summed E-state index contributed by atoms with van der Waals surface area (Å²) in [4.78, 5) is 16.3. The van der Waals surface area contributed by atoms with Gasteiger partial charge in [-0.15, -0.1) is 0 Å². The molecule has 118 valence electrons. The predicted molar refractivity (Wildman–Crippen MR) is 85.3 cm³/mol. The average Bonchev–Trinajstić information content (AvgIpc) is 2.95. The second kappa shape index (κ2) is 8.47. The Bertz CT molecular complexity index is 598. The summed E-state index contributed by atoms with van der Waals surface area (Å²) in [5, 5.41) is 3.89. The number of thiazole rings is 1. The molecule has 2 rings (SSSR count). The number of methoxy groups -OCH3 is 1. The number of nitrogens with zero attached hydrogens (tertiary/aromatic N) is 1. The van der Waals surface area contributed by atoms with Crippen molar-refractivity contribution in [1.82, 2.24) is 10.3 Å². The Hall–Kier alpha value is -1.96.